The van der Waals surface area contributed by atoms with E-state index in [2.05, 4.69) is 57.0 Å². The van der Waals surface area contributed by atoms with Crippen molar-refractivity contribution in [3.05, 3.63) is 28.8 Å². The van der Waals surface area contributed by atoms with Crippen molar-refractivity contribution < 1.29 is 4.79 Å². The van der Waals surface area contributed by atoms with E-state index in [-0.39, 0.29) is 6.03 Å². The highest BCUT2D eigenvalue weighted by molar-refractivity contribution is 5.74. The highest BCUT2D eigenvalue weighted by Gasteiger charge is 2.22. The van der Waals surface area contributed by atoms with Crippen molar-refractivity contribution in [3.63, 3.8) is 0 Å². The van der Waals surface area contributed by atoms with Gasteiger partial charge in [-0.15, -0.1) is 0 Å². The summed E-state index contributed by atoms with van der Waals surface area (Å²) in [4.78, 5) is 16.5. The van der Waals surface area contributed by atoms with Crippen molar-refractivity contribution in [2.45, 2.75) is 34.6 Å². The van der Waals surface area contributed by atoms with E-state index in [1.807, 2.05) is 4.90 Å². The summed E-state index contributed by atoms with van der Waals surface area (Å²) in [6.45, 7) is 14.8. The molecule has 1 fully saturated rings. The second-order valence-electron chi connectivity index (χ2n) is 6.80. The lowest BCUT2D eigenvalue weighted by Crippen LogP contribution is -2.52. The summed E-state index contributed by atoms with van der Waals surface area (Å²) >= 11 is 0. The fourth-order valence-electron chi connectivity index (χ4n) is 3.21. The van der Waals surface area contributed by atoms with Gasteiger partial charge in [-0.25, -0.2) is 4.79 Å². The van der Waals surface area contributed by atoms with Gasteiger partial charge in [-0.05, 0) is 37.8 Å². The summed E-state index contributed by atoms with van der Waals surface area (Å²) in [5.74, 6) is 0.489. The quantitative estimate of drug-likeness (QED) is 0.931. The Kier molecular flexibility index (Phi) is 5.33. The van der Waals surface area contributed by atoms with E-state index >= 15 is 0 Å². The second kappa shape index (κ2) is 7.03. The molecule has 0 aliphatic carbocycles. The number of anilines is 1. The maximum atomic E-state index is 12.1. The number of carbonyl (C=O) groups is 1. The van der Waals surface area contributed by atoms with E-state index in [0.717, 1.165) is 32.7 Å². The van der Waals surface area contributed by atoms with E-state index in [9.17, 15) is 4.79 Å². The molecule has 1 aliphatic rings. The monoisotopic (exact) mass is 303 g/mol. The van der Waals surface area contributed by atoms with Crippen LogP contribution in [0, 0.1) is 26.7 Å². The van der Waals surface area contributed by atoms with Crippen LogP contribution >= 0.6 is 0 Å². The van der Waals surface area contributed by atoms with E-state index in [1.54, 1.807) is 0 Å². The number of nitrogens with one attached hydrogen (secondary N) is 1. The number of hydrogen-bond acceptors (Lipinski definition) is 2. The zero-order chi connectivity index (χ0) is 16.3. The molecule has 122 valence electrons. The number of urea groups is 1. The Bertz CT molecular complexity index is 508. The van der Waals surface area contributed by atoms with Crippen molar-refractivity contribution in [3.8, 4) is 0 Å². The van der Waals surface area contributed by atoms with Gasteiger partial charge < -0.3 is 15.1 Å². The standard InChI is InChI=1S/C18H29N3O/c1-13(2)12-19-18(22)21-8-6-20(7-9-21)17-15(4)10-14(3)11-16(17)5/h10-11,13H,6-9,12H2,1-5H3,(H,19,22). The Morgan fingerprint density at radius 2 is 1.64 bits per heavy atom. The molecular weight excluding hydrogens is 274 g/mol. The van der Waals surface area contributed by atoms with Crippen LogP contribution in [-0.4, -0.2) is 43.7 Å². The molecule has 1 aliphatic heterocycles. The van der Waals surface area contributed by atoms with Crippen LogP contribution in [0.3, 0.4) is 0 Å². The van der Waals surface area contributed by atoms with Gasteiger partial charge in [0, 0.05) is 38.4 Å². The molecule has 1 saturated heterocycles. The smallest absolute Gasteiger partial charge is 0.317 e. The molecule has 0 spiro atoms. The van der Waals surface area contributed by atoms with Gasteiger partial charge in [0.2, 0.25) is 0 Å². The number of amides is 2. The Morgan fingerprint density at radius 3 is 2.14 bits per heavy atom. The minimum atomic E-state index is 0.0747. The first kappa shape index (κ1) is 16.7. The summed E-state index contributed by atoms with van der Waals surface area (Å²) in [5, 5.41) is 3.01. The number of benzene rings is 1. The first-order chi connectivity index (χ1) is 10.4. The molecule has 2 amide bonds. The van der Waals surface area contributed by atoms with Gasteiger partial charge in [0.25, 0.3) is 0 Å². The molecule has 4 nitrogen and oxygen atoms in total. The van der Waals surface area contributed by atoms with Crippen LogP contribution in [0.4, 0.5) is 10.5 Å². The van der Waals surface area contributed by atoms with E-state index in [1.165, 1.54) is 22.4 Å². The van der Waals surface area contributed by atoms with Gasteiger partial charge >= 0.3 is 6.03 Å². The first-order valence-electron chi connectivity index (χ1n) is 8.24. The fraction of sp³-hybridized carbons (Fsp3) is 0.611. The van der Waals surface area contributed by atoms with Crippen molar-refractivity contribution in [2.24, 2.45) is 5.92 Å². The minimum absolute atomic E-state index is 0.0747. The number of nitrogens with zero attached hydrogens (tertiary/aromatic N) is 2. The largest absolute Gasteiger partial charge is 0.368 e. The zero-order valence-corrected chi connectivity index (χ0v) is 14.6. The summed E-state index contributed by atoms with van der Waals surface area (Å²) in [5.41, 5.74) is 5.31. The lowest BCUT2D eigenvalue weighted by atomic mass is 10.0. The molecule has 1 aromatic carbocycles. The molecule has 22 heavy (non-hydrogen) atoms. The molecule has 0 atom stereocenters. The molecule has 0 saturated carbocycles. The number of aryl methyl sites for hydroxylation is 3. The SMILES string of the molecule is Cc1cc(C)c(N2CCN(C(=O)NCC(C)C)CC2)c(C)c1. The van der Waals surface area contributed by atoms with Crippen LogP contribution in [0.2, 0.25) is 0 Å². The molecule has 0 bridgehead atoms. The molecule has 4 heteroatoms. The van der Waals surface area contributed by atoms with Gasteiger partial charge in [0.05, 0.1) is 0 Å². The zero-order valence-electron chi connectivity index (χ0n) is 14.6. The summed E-state index contributed by atoms with van der Waals surface area (Å²) < 4.78 is 0. The number of hydrogen-bond donors (Lipinski definition) is 1. The summed E-state index contributed by atoms with van der Waals surface area (Å²) in [6, 6.07) is 4.55. The Labute approximate surface area is 134 Å². The number of rotatable bonds is 3. The number of piperazine rings is 1. The van der Waals surface area contributed by atoms with Crippen molar-refractivity contribution in [2.75, 3.05) is 37.6 Å². The predicted molar refractivity (Wildman–Crippen MR) is 92.7 cm³/mol. The highest BCUT2D eigenvalue weighted by Crippen LogP contribution is 2.27. The van der Waals surface area contributed by atoms with Gasteiger partial charge in [-0.3, -0.25) is 0 Å². The molecular formula is C18H29N3O. The second-order valence-corrected chi connectivity index (χ2v) is 6.80. The van der Waals surface area contributed by atoms with Crippen LogP contribution in [0.5, 0.6) is 0 Å². The molecule has 1 aromatic rings. The van der Waals surface area contributed by atoms with Gasteiger partial charge in [-0.2, -0.15) is 0 Å². The van der Waals surface area contributed by atoms with Crippen LogP contribution in [0.15, 0.2) is 12.1 Å². The molecule has 0 radical (unpaired) electrons. The fourth-order valence-corrected chi connectivity index (χ4v) is 3.21. The van der Waals surface area contributed by atoms with E-state index in [0.29, 0.717) is 5.92 Å². The maximum absolute atomic E-state index is 12.1. The molecule has 1 heterocycles. The minimum Gasteiger partial charge on any atom is -0.368 e. The van der Waals surface area contributed by atoms with Crippen molar-refractivity contribution in [1.29, 1.82) is 0 Å². The molecule has 1 N–H and O–H groups in total. The highest BCUT2D eigenvalue weighted by atomic mass is 16.2. The average molecular weight is 303 g/mol. The Balaban J connectivity index is 1.96. The number of carbonyl (C=O) groups excluding carboxylic acids is 1. The predicted octanol–water partition coefficient (Wildman–Crippen LogP) is 3.10. The molecule has 0 unspecified atom stereocenters. The third-order valence-electron chi connectivity index (χ3n) is 4.18. The maximum Gasteiger partial charge on any atom is 0.317 e. The Morgan fingerprint density at radius 1 is 1.09 bits per heavy atom. The van der Waals surface area contributed by atoms with Crippen LogP contribution < -0.4 is 10.2 Å². The van der Waals surface area contributed by atoms with Crippen LogP contribution in [0.1, 0.15) is 30.5 Å². The van der Waals surface area contributed by atoms with Gasteiger partial charge in [0.1, 0.15) is 0 Å². The summed E-state index contributed by atoms with van der Waals surface area (Å²) in [6.07, 6.45) is 0. The topological polar surface area (TPSA) is 35.6 Å². The molecule has 0 aromatic heterocycles. The van der Waals surface area contributed by atoms with Crippen molar-refractivity contribution >= 4 is 11.7 Å². The normalized spacial score (nSPS) is 15.4. The van der Waals surface area contributed by atoms with Crippen molar-refractivity contribution in [1.82, 2.24) is 10.2 Å². The lowest BCUT2D eigenvalue weighted by Gasteiger charge is -2.37. The summed E-state index contributed by atoms with van der Waals surface area (Å²) in [7, 11) is 0. The molecule has 2 rings (SSSR count). The third-order valence-corrected chi connectivity index (χ3v) is 4.18. The van der Waals surface area contributed by atoms with Gasteiger partial charge in [-0.1, -0.05) is 31.5 Å². The van der Waals surface area contributed by atoms with E-state index < -0.39 is 0 Å². The van der Waals surface area contributed by atoms with Crippen LogP contribution in [0.25, 0.3) is 0 Å². The van der Waals surface area contributed by atoms with Crippen LogP contribution in [-0.2, 0) is 0 Å². The lowest BCUT2D eigenvalue weighted by molar-refractivity contribution is 0.193. The Hall–Kier alpha value is -1.71. The third kappa shape index (κ3) is 3.93. The first-order valence-corrected chi connectivity index (χ1v) is 8.24. The van der Waals surface area contributed by atoms with E-state index in [4.69, 9.17) is 0 Å². The average Bonchev–Trinajstić information content (AvgIpc) is 2.44. The van der Waals surface area contributed by atoms with Gasteiger partial charge in [0.15, 0.2) is 0 Å².